The van der Waals surface area contributed by atoms with Crippen LogP contribution in [0.3, 0.4) is 0 Å². The molecule has 2 unspecified atom stereocenters. The van der Waals surface area contributed by atoms with Gasteiger partial charge in [-0.25, -0.2) is 0 Å². The van der Waals surface area contributed by atoms with Crippen LogP contribution in [0.4, 0.5) is 5.69 Å². The van der Waals surface area contributed by atoms with Crippen molar-refractivity contribution < 1.29 is 9.59 Å². The lowest BCUT2D eigenvalue weighted by Gasteiger charge is -2.35. The second-order valence-corrected chi connectivity index (χ2v) is 7.90. The molecule has 1 aromatic rings. The van der Waals surface area contributed by atoms with E-state index in [1.807, 2.05) is 36.2 Å². The van der Waals surface area contributed by atoms with Crippen LogP contribution in [0.2, 0.25) is 0 Å². The van der Waals surface area contributed by atoms with Gasteiger partial charge in [0.15, 0.2) is 0 Å². The maximum Gasteiger partial charge on any atom is 0.227 e. The van der Waals surface area contributed by atoms with Crippen molar-refractivity contribution in [3.05, 3.63) is 29.8 Å². The molecule has 1 aromatic carbocycles. The van der Waals surface area contributed by atoms with Gasteiger partial charge in [-0.05, 0) is 56.2 Å². The van der Waals surface area contributed by atoms with Gasteiger partial charge in [0, 0.05) is 36.8 Å². The molecule has 2 saturated heterocycles. The van der Waals surface area contributed by atoms with Gasteiger partial charge in [0.2, 0.25) is 11.8 Å². The molecule has 6 heteroatoms. The summed E-state index contributed by atoms with van der Waals surface area (Å²) in [6.45, 7) is 0. The first-order valence-electron chi connectivity index (χ1n) is 9.50. The summed E-state index contributed by atoms with van der Waals surface area (Å²) >= 11 is 0. The number of nitrogens with one attached hydrogen (secondary N) is 2. The Hall–Kier alpha value is -1.59. The molecule has 1 saturated carbocycles. The molecule has 2 atom stereocenters. The summed E-state index contributed by atoms with van der Waals surface area (Å²) in [6.07, 6.45) is 7.07. The van der Waals surface area contributed by atoms with Crippen molar-refractivity contribution in [3.8, 4) is 0 Å². The first kappa shape index (κ1) is 19.2. The fraction of sp³-hybridized carbons (Fsp3) is 0.600. The topological polar surface area (TPSA) is 61.4 Å². The number of anilines is 1. The van der Waals surface area contributed by atoms with Crippen molar-refractivity contribution in [2.75, 3.05) is 12.4 Å². The van der Waals surface area contributed by atoms with Crippen molar-refractivity contribution in [1.82, 2.24) is 10.2 Å². The van der Waals surface area contributed by atoms with Gasteiger partial charge >= 0.3 is 0 Å². The molecule has 2 heterocycles. The summed E-state index contributed by atoms with van der Waals surface area (Å²) in [5, 5.41) is 6.56. The number of carbonyl (C=O) groups excluding carboxylic acids is 2. The molecule has 2 bridgehead atoms. The van der Waals surface area contributed by atoms with E-state index in [-0.39, 0.29) is 30.1 Å². The minimum absolute atomic E-state index is 0. The summed E-state index contributed by atoms with van der Waals surface area (Å²) in [7, 11) is 1.95. The number of rotatable bonds is 5. The van der Waals surface area contributed by atoms with Crippen molar-refractivity contribution in [1.29, 1.82) is 0 Å². The van der Waals surface area contributed by atoms with Crippen LogP contribution in [0.1, 0.15) is 44.1 Å². The molecule has 2 amide bonds. The number of fused-ring (bicyclic) bond motifs is 2. The molecule has 0 aromatic heterocycles. The van der Waals surface area contributed by atoms with Gasteiger partial charge in [-0.2, -0.15) is 0 Å². The van der Waals surface area contributed by atoms with Crippen molar-refractivity contribution in [2.24, 2.45) is 5.92 Å². The van der Waals surface area contributed by atoms with Crippen molar-refractivity contribution in [2.45, 2.75) is 63.1 Å². The predicted octanol–water partition coefficient (Wildman–Crippen LogP) is 2.74. The minimum atomic E-state index is 0. The molecule has 1 aliphatic carbocycles. The van der Waals surface area contributed by atoms with Crippen LogP contribution in [0, 0.1) is 5.92 Å². The molecule has 3 fully saturated rings. The number of likely N-dealkylation sites (N-methyl/N-ethyl adjacent to an activating group) is 1. The Kier molecular flexibility index (Phi) is 5.88. The average Bonchev–Trinajstić information content (AvgIpc) is 3.41. The van der Waals surface area contributed by atoms with Gasteiger partial charge in [0.25, 0.3) is 0 Å². The largest absolute Gasteiger partial charge is 0.342 e. The van der Waals surface area contributed by atoms with Crippen LogP contribution in [0.15, 0.2) is 24.3 Å². The van der Waals surface area contributed by atoms with Gasteiger partial charge in [-0.1, -0.05) is 12.1 Å². The minimum Gasteiger partial charge on any atom is -0.342 e. The van der Waals surface area contributed by atoms with E-state index in [1.54, 1.807) is 0 Å². The first-order valence-corrected chi connectivity index (χ1v) is 9.50. The number of amides is 2. The number of benzene rings is 1. The van der Waals surface area contributed by atoms with Crippen LogP contribution >= 0.6 is 12.4 Å². The Morgan fingerprint density at radius 3 is 2.27 bits per heavy atom. The van der Waals surface area contributed by atoms with Gasteiger partial charge in [-0.3, -0.25) is 9.59 Å². The zero-order valence-corrected chi connectivity index (χ0v) is 16.1. The van der Waals surface area contributed by atoms with Crippen LogP contribution in [0.5, 0.6) is 0 Å². The first-order chi connectivity index (χ1) is 12.1. The van der Waals surface area contributed by atoms with Crippen molar-refractivity contribution in [3.63, 3.8) is 0 Å². The highest BCUT2D eigenvalue weighted by Crippen LogP contribution is 2.31. The molecule has 4 rings (SSSR count). The highest BCUT2D eigenvalue weighted by molar-refractivity contribution is 5.94. The second kappa shape index (κ2) is 7.97. The Labute approximate surface area is 161 Å². The monoisotopic (exact) mass is 377 g/mol. The van der Waals surface area contributed by atoms with Gasteiger partial charge in [0.05, 0.1) is 6.42 Å². The van der Waals surface area contributed by atoms with Crippen molar-refractivity contribution >= 4 is 29.9 Å². The third kappa shape index (κ3) is 4.38. The molecule has 5 nitrogen and oxygen atoms in total. The number of piperidine rings is 1. The summed E-state index contributed by atoms with van der Waals surface area (Å²) in [4.78, 5) is 26.4. The quantitative estimate of drug-likeness (QED) is 0.829. The summed E-state index contributed by atoms with van der Waals surface area (Å²) < 4.78 is 0. The van der Waals surface area contributed by atoms with Gasteiger partial charge in [-0.15, -0.1) is 12.4 Å². The van der Waals surface area contributed by atoms with E-state index in [4.69, 9.17) is 0 Å². The summed E-state index contributed by atoms with van der Waals surface area (Å²) in [6, 6.07) is 9.23. The van der Waals surface area contributed by atoms with Crippen LogP contribution in [-0.4, -0.2) is 41.9 Å². The molecule has 2 N–H and O–H groups in total. The van der Waals surface area contributed by atoms with Crippen LogP contribution in [0.25, 0.3) is 0 Å². The number of hydrogen-bond acceptors (Lipinski definition) is 3. The Morgan fingerprint density at radius 2 is 1.69 bits per heavy atom. The Bertz CT molecular complexity index is 648. The number of hydrogen-bond donors (Lipinski definition) is 2. The van der Waals surface area contributed by atoms with Gasteiger partial charge < -0.3 is 15.5 Å². The van der Waals surface area contributed by atoms with E-state index in [0.717, 1.165) is 36.9 Å². The zero-order valence-electron chi connectivity index (χ0n) is 15.2. The van der Waals surface area contributed by atoms with E-state index >= 15 is 0 Å². The lowest BCUT2D eigenvalue weighted by atomic mass is 9.98. The van der Waals surface area contributed by atoms with Gasteiger partial charge in [0.1, 0.15) is 0 Å². The molecule has 26 heavy (non-hydrogen) atoms. The molecule has 3 aliphatic rings. The van der Waals surface area contributed by atoms with Crippen LogP contribution in [-0.2, 0) is 16.0 Å². The average molecular weight is 378 g/mol. The number of nitrogens with zero attached hydrogens (tertiary/aromatic N) is 1. The Balaban J connectivity index is 0.00000196. The summed E-state index contributed by atoms with van der Waals surface area (Å²) in [5.74, 6) is 0.500. The van der Waals surface area contributed by atoms with E-state index in [0.29, 0.717) is 24.5 Å². The van der Waals surface area contributed by atoms with E-state index in [1.165, 1.54) is 12.8 Å². The maximum absolute atomic E-state index is 12.6. The summed E-state index contributed by atoms with van der Waals surface area (Å²) in [5.41, 5.74) is 1.81. The fourth-order valence-corrected chi connectivity index (χ4v) is 4.14. The molecule has 142 valence electrons. The third-order valence-electron chi connectivity index (χ3n) is 5.91. The maximum atomic E-state index is 12.6. The zero-order chi connectivity index (χ0) is 17.4. The molecular formula is C20H28ClN3O2. The lowest BCUT2D eigenvalue weighted by Crippen LogP contribution is -2.49. The molecular weight excluding hydrogens is 350 g/mol. The lowest BCUT2D eigenvalue weighted by molar-refractivity contribution is -0.132. The normalized spacial score (nSPS) is 26.7. The number of carbonyl (C=O) groups is 2. The van der Waals surface area contributed by atoms with Crippen LogP contribution < -0.4 is 10.6 Å². The molecule has 0 spiro atoms. The number of halogens is 1. The predicted molar refractivity (Wildman–Crippen MR) is 104 cm³/mol. The molecule has 2 aliphatic heterocycles. The van der Waals surface area contributed by atoms with E-state index in [2.05, 4.69) is 10.6 Å². The SMILES string of the molecule is CN(C(=O)Cc1ccc(NC(=O)C2CC2)cc1)C1CC2CCC(C1)N2.Cl. The third-order valence-corrected chi connectivity index (χ3v) is 5.91. The molecule has 0 radical (unpaired) electrons. The highest BCUT2D eigenvalue weighted by Gasteiger charge is 2.36. The van der Waals surface area contributed by atoms with E-state index < -0.39 is 0 Å². The van der Waals surface area contributed by atoms with E-state index in [9.17, 15) is 9.59 Å². The standard InChI is InChI=1S/C20H27N3O2.ClH/c1-23(18-11-16-8-9-17(12-18)21-16)19(24)10-13-2-6-15(7-3-13)22-20(25)14-4-5-14;/h2-3,6-7,14,16-18,21H,4-5,8-12H2,1H3,(H,22,25);1H. The Morgan fingerprint density at radius 1 is 1.08 bits per heavy atom. The fourth-order valence-electron chi connectivity index (χ4n) is 4.14. The smallest absolute Gasteiger partial charge is 0.227 e. The highest BCUT2D eigenvalue weighted by atomic mass is 35.5. The second-order valence-electron chi connectivity index (χ2n) is 7.90.